The average molecular weight is 354 g/mol. The summed E-state index contributed by atoms with van der Waals surface area (Å²) in [6.07, 6.45) is 18.1. The van der Waals surface area contributed by atoms with Crippen LogP contribution in [0.25, 0.3) is 0 Å². The molecule has 0 radical (unpaired) electrons. The van der Waals surface area contributed by atoms with Gasteiger partial charge in [0.05, 0.1) is 33.2 Å². The highest BCUT2D eigenvalue weighted by atomic mass is 16.1. The summed E-state index contributed by atoms with van der Waals surface area (Å²) in [5, 5.41) is 2.96. The van der Waals surface area contributed by atoms with Crippen LogP contribution in [-0.2, 0) is 4.79 Å². The van der Waals surface area contributed by atoms with Crippen molar-refractivity contribution < 1.29 is 9.28 Å². The number of likely N-dealkylation sites (N-methyl/N-ethyl adjacent to an activating group) is 1. The topological polar surface area (TPSA) is 29.1 Å². The third-order valence-corrected chi connectivity index (χ3v) is 4.96. The number of carbonyl (C=O) groups is 1. The van der Waals surface area contributed by atoms with Crippen molar-refractivity contribution in [1.29, 1.82) is 0 Å². The first kappa shape index (κ1) is 24.2. The molecule has 3 nitrogen and oxygen atoms in total. The molecule has 0 heterocycles. The Morgan fingerprint density at radius 2 is 1.36 bits per heavy atom. The van der Waals surface area contributed by atoms with E-state index in [2.05, 4.69) is 39.8 Å². The molecular weight excluding hydrogens is 308 g/mol. The van der Waals surface area contributed by atoms with E-state index < -0.39 is 0 Å². The molecule has 0 fully saturated rings. The van der Waals surface area contributed by atoms with E-state index in [4.69, 9.17) is 0 Å². The van der Waals surface area contributed by atoms with Crippen molar-refractivity contribution in [2.45, 2.75) is 96.9 Å². The molecule has 0 aliphatic rings. The van der Waals surface area contributed by atoms with Crippen LogP contribution in [0, 0.1) is 0 Å². The molecule has 0 bridgehead atoms. The van der Waals surface area contributed by atoms with E-state index in [9.17, 15) is 4.79 Å². The van der Waals surface area contributed by atoms with Crippen LogP contribution in [0.2, 0.25) is 0 Å². The smallest absolute Gasteiger partial charge is 0.243 e. The standard InChI is InChI=1S/C22H44N2O/c1-6-8-9-10-11-12-13-14-15-16-17-18-19-24(4,5)20-21(3)23-22(25)7-2/h7,21H,2,6,8-20H2,1,3-5H3/p+1. The summed E-state index contributed by atoms with van der Waals surface area (Å²) in [5.74, 6) is -0.0714. The van der Waals surface area contributed by atoms with E-state index in [0.717, 1.165) is 11.0 Å². The van der Waals surface area contributed by atoms with Crippen LogP contribution in [0.1, 0.15) is 90.9 Å². The van der Waals surface area contributed by atoms with E-state index in [0.29, 0.717) is 0 Å². The molecule has 1 N–H and O–H groups in total. The number of nitrogens with zero attached hydrogens (tertiary/aromatic N) is 1. The van der Waals surface area contributed by atoms with Gasteiger partial charge in [-0.15, -0.1) is 0 Å². The molecule has 148 valence electrons. The van der Waals surface area contributed by atoms with Gasteiger partial charge in [-0.25, -0.2) is 0 Å². The SMILES string of the molecule is C=CC(=O)NC(C)C[N+](C)(C)CCCCCCCCCCCCCC. The van der Waals surface area contributed by atoms with Crippen molar-refractivity contribution in [2.24, 2.45) is 0 Å². The molecule has 1 unspecified atom stereocenters. The molecule has 1 amide bonds. The lowest BCUT2D eigenvalue weighted by Crippen LogP contribution is -2.50. The second-order valence-corrected chi connectivity index (χ2v) is 8.34. The minimum Gasteiger partial charge on any atom is -0.344 e. The van der Waals surface area contributed by atoms with Crippen LogP contribution in [0.4, 0.5) is 0 Å². The maximum Gasteiger partial charge on any atom is 0.243 e. The Bertz CT molecular complexity index is 339. The van der Waals surface area contributed by atoms with Gasteiger partial charge < -0.3 is 9.80 Å². The first-order chi connectivity index (χ1) is 11.9. The number of hydrogen-bond acceptors (Lipinski definition) is 1. The summed E-state index contributed by atoms with van der Waals surface area (Å²) in [5.41, 5.74) is 0. The van der Waals surface area contributed by atoms with Crippen molar-refractivity contribution in [1.82, 2.24) is 5.32 Å². The second-order valence-electron chi connectivity index (χ2n) is 8.34. The first-order valence-electron chi connectivity index (χ1n) is 10.7. The molecule has 0 aliphatic carbocycles. The fourth-order valence-corrected chi connectivity index (χ4v) is 3.56. The Balaban J connectivity index is 3.50. The van der Waals surface area contributed by atoms with Gasteiger partial charge in [-0.1, -0.05) is 77.7 Å². The van der Waals surface area contributed by atoms with Gasteiger partial charge in [0.1, 0.15) is 0 Å². The molecule has 0 aromatic carbocycles. The Hall–Kier alpha value is -0.830. The Kier molecular flexibility index (Phi) is 14.9. The van der Waals surface area contributed by atoms with Crippen molar-refractivity contribution in [3.8, 4) is 0 Å². The monoisotopic (exact) mass is 353 g/mol. The maximum absolute atomic E-state index is 11.3. The number of rotatable bonds is 17. The molecule has 0 aliphatic heterocycles. The van der Waals surface area contributed by atoms with Crippen LogP contribution in [0.3, 0.4) is 0 Å². The van der Waals surface area contributed by atoms with Crippen LogP contribution < -0.4 is 5.32 Å². The van der Waals surface area contributed by atoms with Crippen LogP contribution in [0.5, 0.6) is 0 Å². The highest BCUT2D eigenvalue weighted by Gasteiger charge is 2.19. The maximum atomic E-state index is 11.3. The fourth-order valence-electron chi connectivity index (χ4n) is 3.56. The Morgan fingerprint density at radius 3 is 1.80 bits per heavy atom. The van der Waals surface area contributed by atoms with Gasteiger partial charge in [0, 0.05) is 0 Å². The van der Waals surface area contributed by atoms with E-state index in [1.807, 2.05) is 0 Å². The Labute approximate surface area is 157 Å². The van der Waals surface area contributed by atoms with Gasteiger partial charge in [-0.2, -0.15) is 0 Å². The van der Waals surface area contributed by atoms with Crippen molar-refractivity contribution >= 4 is 5.91 Å². The molecule has 0 saturated carbocycles. The summed E-state index contributed by atoms with van der Waals surface area (Å²) in [6.45, 7) is 10.0. The average Bonchev–Trinajstić information content (AvgIpc) is 2.55. The van der Waals surface area contributed by atoms with Gasteiger partial charge >= 0.3 is 0 Å². The molecule has 0 aromatic rings. The zero-order valence-corrected chi connectivity index (χ0v) is 17.6. The molecule has 25 heavy (non-hydrogen) atoms. The molecule has 3 heteroatoms. The zero-order chi connectivity index (χ0) is 19.0. The predicted molar refractivity (Wildman–Crippen MR) is 111 cm³/mol. The molecule has 0 spiro atoms. The fraction of sp³-hybridized carbons (Fsp3) is 0.864. The van der Waals surface area contributed by atoms with E-state index in [-0.39, 0.29) is 11.9 Å². The lowest BCUT2D eigenvalue weighted by atomic mass is 10.1. The van der Waals surface area contributed by atoms with Gasteiger partial charge in [0.15, 0.2) is 0 Å². The third-order valence-electron chi connectivity index (χ3n) is 4.96. The van der Waals surface area contributed by atoms with Gasteiger partial charge in [0.25, 0.3) is 0 Å². The molecule has 1 atom stereocenters. The van der Waals surface area contributed by atoms with E-state index in [1.165, 1.54) is 89.7 Å². The van der Waals surface area contributed by atoms with Gasteiger partial charge in [-0.05, 0) is 25.8 Å². The molecular formula is C22H45N2O+. The lowest BCUT2D eigenvalue weighted by Gasteiger charge is -2.32. The molecule has 0 aromatic heterocycles. The largest absolute Gasteiger partial charge is 0.344 e. The van der Waals surface area contributed by atoms with Crippen LogP contribution >= 0.6 is 0 Å². The first-order valence-corrected chi connectivity index (χ1v) is 10.7. The summed E-state index contributed by atoms with van der Waals surface area (Å²) >= 11 is 0. The number of nitrogens with one attached hydrogen (secondary N) is 1. The van der Waals surface area contributed by atoms with Crippen molar-refractivity contribution in [3.05, 3.63) is 12.7 Å². The normalized spacial score (nSPS) is 12.8. The summed E-state index contributed by atoms with van der Waals surface area (Å²) in [4.78, 5) is 11.3. The number of unbranched alkanes of at least 4 members (excludes halogenated alkanes) is 11. The Morgan fingerprint density at radius 1 is 0.920 bits per heavy atom. The summed E-state index contributed by atoms with van der Waals surface area (Å²) in [6, 6.07) is 0.192. The predicted octanol–water partition coefficient (Wildman–Crippen LogP) is 5.45. The zero-order valence-electron chi connectivity index (χ0n) is 17.6. The van der Waals surface area contributed by atoms with Crippen LogP contribution in [-0.4, -0.2) is 43.6 Å². The van der Waals surface area contributed by atoms with Gasteiger partial charge in [0.2, 0.25) is 5.91 Å². The molecule has 0 rings (SSSR count). The minimum atomic E-state index is -0.0714. The minimum absolute atomic E-state index is 0.0714. The summed E-state index contributed by atoms with van der Waals surface area (Å²) in [7, 11) is 4.52. The lowest BCUT2D eigenvalue weighted by molar-refractivity contribution is -0.891. The number of quaternary nitrogens is 1. The number of hydrogen-bond donors (Lipinski definition) is 1. The highest BCUT2D eigenvalue weighted by molar-refractivity contribution is 5.87. The van der Waals surface area contributed by atoms with E-state index >= 15 is 0 Å². The van der Waals surface area contributed by atoms with Crippen molar-refractivity contribution in [2.75, 3.05) is 27.2 Å². The van der Waals surface area contributed by atoms with E-state index in [1.54, 1.807) is 0 Å². The summed E-state index contributed by atoms with van der Waals surface area (Å²) < 4.78 is 0.969. The third kappa shape index (κ3) is 16.4. The molecule has 0 saturated heterocycles. The second kappa shape index (κ2) is 15.4. The van der Waals surface area contributed by atoms with Gasteiger partial charge in [-0.3, -0.25) is 4.79 Å². The van der Waals surface area contributed by atoms with Crippen molar-refractivity contribution in [3.63, 3.8) is 0 Å². The number of carbonyl (C=O) groups excluding carboxylic acids is 1. The highest BCUT2D eigenvalue weighted by Crippen LogP contribution is 2.13. The number of amides is 1. The quantitative estimate of drug-likeness (QED) is 0.210. The van der Waals surface area contributed by atoms with Crippen LogP contribution in [0.15, 0.2) is 12.7 Å².